The fourth-order valence-corrected chi connectivity index (χ4v) is 1.97. The first kappa shape index (κ1) is 7.65. The zero-order valence-corrected chi connectivity index (χ0v) is 7.34. The van der Waals surface area contributed by atoms with E-state index in [1.165, 1.54) is 25.7 Å². The van der Waals surface area contributed by atoms with E-state index in [0.29, 0.717) is 0 Å². The molecule has 0 bridgehead atoms. The van der Waals surface area contributed by atoms with Crippen LogP contribution in [0.1, 0.15) is 38.4 Å². The average Bonchev–Trinajstić information content (AvgIpc) is 2.59. The maximum absolute atomic E-state index is 5.43. The second-order valence-electron chi connectivity index (χ2n) is 3.83. The molecule has 0 aromatic carbocycles. The Kier molecular flexibility index (Phi) is 1.60. The van der Waals surface area contributed by atoms with Crippen molar-refractivity contribution in [2.75, 3.05) is 5.73 Å². The van der Waals surface area contributed by atoms with Crippen LogP contribution in [-0.4, -0.2) is 4.98 Å². The van der Waals surface area contributed by atoms with Crippen LogP contribution in [-0.2, 0) is 5.41 Å². The topological polar surface area (TPSA) is 52.0 Å². The Balaban J connectivity index is 2.28. The minimum absolute atomic E-state index is 0.199. The van der Waals surface area contributed by atoms with Crippen molar-refractivity contribution in [3.63, 3.8) is 0 Å². The van der Waals surface area contributed by atoms with Crippen LogP contribution in [0.15, 0.2) is 10.6 Å². The molecule has 1 heterocycles. The molecule has 12 heavy (non-hydrogen) atoms. The number of hydrogen-bond donors (Lipinski definition) is 1. The summed E-state index contributed by atoms with van der Waals surface area (Å²) < 4.78 is 5.34. The molecule has 0 aliphatic heterocycles. The molecule has 0 saturated heterocycles. The van der Waals surface area contributed by atoms with Crippen LogP contribution < -0.4 is 5.73 Å². The van der Waals surface area contributed by atoms with Gasteiger partial charge < -0.3 is 10.2 Å². The third-order valence-electron chi connectivity index (χ3n) is 2.83. The highest BCUT2D eigenvalue weighted by molar-refractivity contribution is 5.18. The minimum atomic E-state index is 0.199. The van der Waals surface area contributed by atoms with Gasteiger partial charge >= 0.3 is 0 Å². The Bertz CT molecular complexity index is 274. The van der Waals surface area contributed by atoms with Gasteiger partial charge in [-0.05, 0) is 12.8 Å². The van der Waals surface area contributed by atoms with Crippen molar-refractivity contribution in [2.24, 2.45) is 0 Å². The molecule has 1 aromatic heterocycles. The van der Waals surface area contributed by atoms with Crippen LogP contribution >= 0.6 is 0 Å². The lowest BCUT2D eigenvalue weighted by Gasteiger charge is -2.18. The van der Waals surface area contributed by atoms with Crippen LogP contribution in [0, 0.1) is 0 Å². The van der Waals surface area contributed by atoms with Crippen molar-refractivity contribution in [3.8, 4) is 0 Å². The van der Waals surface area contributed by atoms with Gasteiger partial charge in [-0.1, -0.05) is 19.8 Å². The Labute approximate surface area is 72.0 Å². The highest BCUT2D eigenvalue weighted by Gasteiger charge is 2.33. The molecule has 0 radical (unpaired) electrons. The highest BCUT2D eigenvalue weighted by Crippen LogP contribution is 2.40. The van der Waals surface area contributed by atoms with Gasteiger partial charge in [0.1, 0.15) is 5.76 Å². The smallest absolute Gasteiger partial charge is 0.292 e. The molecule has 3 nitrogen and oxygen atoms in total. The Morgan fingerprint density at radius 1 is 1.50 bits per heavy atom. The van der Waals surface area contributed by atoms with E-state index in [4.69, 9.17) is 10.2 Å². The number of nitrogens with two attached hydrogens (primary N) is 1. The van der Waals surface area contributed by atoms with Gasteiger partial charge in [0.2, 0.25) is 0 Å². The number of oxazole rings is 1. The highest BCUT2D eigenvalue weighted by atomic mass is 16.4. The van der Waals surface area contributed by atoms with E-state index in [1.807, 2.05) is 0 Å². The summed E-state index contributed by atoms with van der Waals surface area (Å²) in [6, 6.07) is 0.290. The quantitative estimate of drug-likeness (QED) is 0.695. The van der Waals surface area contributed by atoms with E-state index in [2.05, 4.69) is 11.9 Å². The predicted molar refractivity (Wildman–Crippen MR) is 46.7 cm³/mol. The van der Waals surface area contributed by atoms with Gasteiger partial charge in [-0.2, -0.15) is 0 Å². The van der Waals surface area contributed by atoms with Crippen LogP contribution in [0.4, 0.5) is 6.01 Å². The molecule has 1 fully saturated rings. The molecule has 2 rings (SSSR count). The lowest BCUT2D eigenvalue weighted by molar-refractivity contribution is 0.373. The molecule has 1 aromatic rings. The molecular formula is C9H14N2O. The monoisotopic (exact) mass is 166 g/mol. The summed E-state index contributed by atoms with van der Waals surface area (Å²) in [7, 11) is 0. The van der Waals surface area contributed by atoms with Gasteiger partial charge in [-0.3, -0.25) is 0 Å². The van der Waals surface area contributed by atoms with Crippen molar-refractivity contribution >= 4 is 6.01 Å². The standard InChI is InChI=1S/C9H14N2O/c1-9(4-2-3-5-9)7-6-11-8(10)12-7/h6H,2-5H2,1H3,(H2,10,11). The summed E-state index contributed by atoms with van der Waals surface area (Å²) in [5, 5.41) is 0. The van der Waals surface area contributed by atoms with Crippen LogP contribution in [0.5, 0.6) is 0 Å². The van der Waals surface area contributed by atoms with E-state index in [9.17, 15) is 0 Å². The maximum atomic E-state index is 5.43. The Hall–Kier alpha value is -0.990. The van der Waals surface area contributed by atoms with E-state index in [-0.39, 0.29) is 11.4 Å². The van der Waals surface area contributed by atoms with Crippen LogP contribution in [0.2, 0.25) is 0 Å². The van der Waals surface area contributed by atoms with E-state index < -0.39 is 0 Å². The third kappa shape index (κ3) is 1.09. The van der Waals surface area contributed by atoms with E-state index >= 15 is 0 Å². The lowest BCUT2D eigenvalue weighted by atomic mass is 9.87. The Morgan fingerprint density at radius 2 is 2.17 bits per heavy atom. The zero-order valence-electron chi connectivity index (χ0n) is 7.34. The maximum Gasteiger partial charge on any atom is 0.292 e. The first-order valence-corrected chi connectivity index (χ1v) is 4.42. The van der Waals surface area contributed by atoms with Gasteiger partial charge in [0.05, 0.1) is 6.20 Å². The van der Waals surface area contributed by atoms with E-state index in [1.54, 1.807) is 6.20 Å². The number of hydrogen-bond acceptors (Lipinski definition) is 3. The first-order valence-electron chi connectivity index (χ1n) is 4.42. The van der Waals surface area contributed by atoms with Crippen molar-refractivity contribution in [1.29, 1.82) is 0 Å². The molecule has 1 aliphatic rings. The van der Waals surface area contributed by atoms with Crippen molar-refractivity contribution in [1.82, 2.24) is 4.98 Å². The molecule has 66 valence electrons. The Morgan fingerprint density at radius 3 is 2.67 bits per heavy atom. The lowest BCUT2D eigenvalue weighted by Crippen LogP contribution is -2.15. The summed E-state index contributed by atoms with van der Waals surface area (Å²) in [6.45, 7) is 2.22. The van der Waals surface area contributed by atoms with Gasteiger partial charge in [0, 0.05) is 5.41 Å². The molecule has 0 unspecified atom stereocenters. The summed E-state index contributed by atoms with van der Waals surface area (Å²) >= 11 is 0. The largest absolute Gasteiger partial charge is 0.428 e. The van der Waals surface area contributed by atoms with Crippen LogP contribution in [0.3, 0.4) is 0 Å². The van der Waals surface area contributed by atoms with Crippen molar-refractivity contribution < 1.29 is 4.42 Å². The summed E-state index contributed by atoms with van der Waals surface area (Å²) in [5.74, 6) is 0.956. The molecule has 1 saturated carbocycles. The van der Waals surface area contributed by atoms with Gasteiger partial charge in [-0.25, -0.2) is 4.98 Å². The van der Waals surface area contributed by atoms with Gasteiger partial charge in [0.25, 0.3) is 6.01 Å². The van der Waals surface area contributed by atoms with Gasteiger partial charge in [-0.15, -0.1) is 0 Å². The number of anilines is 1. The molecule has 1 aliphatic carbocycles. The van der Waals surface area contributed by atoms with Crippen LogP contribution in [0.25, 0.3) is 0 Å². The fraction of sp³-hybridized carbons (Fsp3) is 0.667. The number of rotatable bonds is 1. The zero-order chi connectivity index (χ0) is 8.60. The summed E-state index contributed by atoms with van der Waals surface area (Å²) in [6.07, 6.45) is 6.73. The molecule has 0 amide bonds. The molecule has 3 heteroatoms. The summed E-state index contributed by atoms with van der Waals surface area (Å²) in [4.78, 5) is 3.92. The normalized spacial score (nSPS) is 21.4. The fourth-order valence-electron chi connectivity index (χ4n) is 1.97. The average molecular weight is 166 g/mol. The predicted octanol–water partition coefficient (Wildman–Crippen LogP) is 2.09. The SMILES string of the molecule is CC1(c2cnc(N)o2)CCCC1. The second kappa shape index (κ2) is 2.51. The van der Waals surface area contributed by atoms with Gasteiger partial charge in [0.15, 0.2) is 0 Å². The molecule has 0 spiro atoms. The first-order chi connectivity index (χ1) is 5.71. The molecule has 0 atom stereocenters. The number of nitrogens with zero attached hydrogens (tertiary/aromatic N) is 1. The van der Waals surface area contributed by atoms with E-state index in [0.717, 1.165) is 5.76 Å². The molecular weight excluding hydrogens is 152 g/mol. The molecule has 2 N–H and O–H groups in total. The minimum Gasteiger partial charge on any atom is -0.428 e. The van der Waals surface area contributed by atoms with Crippen molar-refractivity contribution in [3.05, 3.63) is 12.0 Å². The number of aromatic nitrogens is 1. The van der Waals surface area contributed by atoms with Crippen molar-refractivity contribution in [2.45, 2.75) is 38.0 Å². The second-order valence-corrected chi connectivity index (χ2v) is 3.83. The summed E-state index contributed by atoms with van der Waals surface area (Å²) in [5.41, 5.74) is 5.63. The third-order valence-corrected chi connectivity index (χ3v) is 2.83. The number of nitrogen functional groups attached to an aromatic ring is 1.